The van der Waals surface area contributed by atoms with Gasteiger partial charge in [0.2, 0.25) is 12.7 Å². The summed E-state index contributed by atoms with van der Waals surface area (Å²) >= 11 is 0. The van der Waals surface area contributed by atoms with Crippen LogP contribution in [0.4, 0.5) is 5.69 Å². The maximum Gasteiger partial charge on any atom is 0.235 e. The molecular formula is C26H25NO4. The van der Waals surface area contributed by atoms with Crippen LogP contribution in [-0.4, -0.2) is 17.8 Å². The van der Waals surface area contributed by atoms with Gasteiger partial charge in [-0.3, -0.25) is 4.79 Å². The van der Waals surface area contributed by atoms with E-state index in [-0.39, 0.29) is 19.3 Å². The highest BCUT2D eigenvalue weighted by Gasteiger charge is 2.51. The molecule has 0 bridgehead atoms. The van der Waals surface area contributed by atoms with Crippen LogP contribution in [0.2, 0.25) is 0 Å². The van der Waals surface area contributed by atoms with Crippen LogP contribution < -0.4 is 14.8 Å². The van der Waals surface area contributed by atoms with Crippen molar-refractivity contribution in [2.24, 2.45) is 0 Å². The number of nitrogens with one attached hydrogen (secondary N) is 1. The Hall–Kier alpha value is -3.31. The van der Waals surface area contributed by atoms with Crippen LogP contribution in [0.15, 0.2) is 60.7 Å². The molecule has 158 valence electrons. The average molecular weight is 415 g/mol. The summed E-state index contributed by atoms with van der Waals surface area (Å²) in [5.41, 5.74) is 5.51. The first kappa shape index (κ1) is 19.6. The van der Waals surface area contributed by atoms with Gasteiger partial charge in [-0.05, 0) is 71.3 Å². The van der Waals surface area contributed by atoms with Gasteiger partial charge in [-0.1, -0.05) is 43.3 Å². The van der Waals surface area contributed by atoms with Gasteiger partial charge in [-0.2, -0.15) is 0 Å². The molecule has 2 N–H and O–H groups in total. The Morgan fingerprint density at radius 3 is 2.48 bits per heavy atom. The van der Waals surface area contributed by atoms with E-state index in [1.165, 1.54) is 5.56 Å². The molecule has 1 aliphatic heterocycles. The van der Waals surface area contributed by atoms with E-state index in [4.69, 9.17) is 9.47 Å². The summed E-state index contributed by atoms with van der Waals surface area (Å²) in [7, 11) is 0. The first-order valence-corrected chi connectivity index (χ1v) is 10.7. The summed E-state index contributed by atoms with van der Waals surface area (Å²) in [6.45, 7) is 2.38. The Morgan fingerprint density at radius 2 is 1.77 bits per heavy atom. The second kappa shape index (κ2) is 7.75. The largest absolute Gasteiger partial charge is 0.454 e. The number of amides is 1. The fourth-order valence-electron chi connectivity index (χ4n) is 4.24. The summed E-state index contributed by atoms with van der Waals surface area (Å²) in [4.78, 5) is 13.3. The molecule has 1 aliphatic carbocycles. The maximum absolute atomic E-state index is 13.3. The molecule has 2 aliphatic rings. The first-order chi connectivity index (χ1) is 15.1. The predicted molar refractivity (Wildman–Crippen MR) is 119 cm³/mol. The number of anilines is 1. The number of hydrogen-bond acceptors (Lipinski definition) is 4. The van der Waals surface area contributed by atoms with Gasteiger partial charge in [-0.15, -0.1) is 0 Å². The number of ether oxygens (including phenoxy) is 2. The topological polar surface area (TPSA) is 67.8 Å². The Balaban J connectivity index is 1.41. The van der Waals surface area contributed by atoms with Crippen molar-refractivity contribution in [1.82, 2.24) is 0 Å². The molecule has 0 saturated heterocycles. The molecule has 1 heterocycles. The summed E-state index contributed by atoms with van der Waals surface area (Å²) in [6, 6.07) is 19.8. The SMILES string of the molecule is CCc1ccc(NC(=O)C2(c3ccc4c(c3)OCO4)CC2)cc1-c1ccc(CO)cc1. The van der Waals surface area contributed by atoms with Crippen molar-refractivity contribution < 1.29 is 19.4 Å². The summed E-state index contributed by atoms with van der Waals surface area (Å²) < 4.78 is 10.9. The highest BCUT2D eigenvalue weighted by molar-refractivity contribution is 6.02. The number of fused-ring (bicyclic) bond motifs is 1. The zero-order valence-corrected chi connectivity index (χ0v) is 17.5. The second-order valence-corrected chi connectivity index (χ2v) is 8.18. The molecule has 0 atom stereocenters. The van der Waals surface area contributed by atoms with Crippen molar-refractivity contribution in [1.29, 1.82) is 0 Å². The molecule has 1 saturated carbocycles. The van der Waals surface area contributed by atoms with E-state index < -0.39 is 5.41 Å². The molecule has 5 heteroatoms. The van der Waals surface area contributed by atoms with E-state index >= 15 is 0 Å². The smallest absolute Gasteiger partial charge is 0.235 e. The first-order valence-electron chi connectivity index (χ1n) is 10.7. The normalized spacial score (nSPS) is 15.5. The summed E-state index contributed by atoms with van der Waals surface area (Å²) in [5, 5.41) is 12.5. The monoisotopic (exact) mass is 415 g/mol. The molecule has 5 nitrogen and oxygen atoms in total. The molecule has 1 fully saturated rings. The number of benzene rings is 3. The Bertz CT molecular complexity index is 1130. The second-order valence-electron chi connectivity index (χ2n) is 8.18. The fraction of sp³-hybridized carbons (Fsp3) is 0.269. The molecule has 31 heavy (non-hydrogen) atoms. The molecular weight excluding hydrogens is 390 g/mol. The average Bonchev–Trinajstić information content (AvgIpc) is 3.50. The Kier molecular flexibility index (Phi) is 4.91. The lowest BCUT2D eigenvalue weighted by Crippen LogP contribution is -2.27. The van der Waals surface area contributed by atoms with E-state index in [2.05, 4.69) is 18.3 Å². The van der Waals surface area contributed by atoms with Crippen molar-refractivity contribution in [2.75, 3.05) is 12.1 Å². The van der Waals surface area contributed by atoms with Gasteiger partial charge in [-0.25, -0.2) is 0 Å². The zero-order valence-electron chi connectivity index (χ0n) is 17.5. The minimum atomic E-state index is -0.507. The standard InChI is InChI=1S/C26H25NO4/c1-2-18-7-9-21(14-22(18)19-5-3-17(15-28)4-6-19)27-25(29)26(11-12-26)20-8-10-23-24(13-20)31-16-30-23/h3-10,13-14,28H,2,11-12,15-16H2,1H3,(H,27,29). The number of rotatable bonds is 6. The highest BCUT2D eigenvalue weighted by Crippen LogP contribution is 2.51. The molecule has 1 amide bonds. The molecule has 3 aromatic rings. The number of hydrogen-bond donors (Lipinski definition) is 2. The van der Waals surface area contributed by atoms with Crippen LogP contribution in [0.5, 0.6) is 11.5 Å². The highest BCUT2D eigenvalue weighted by atomic mass is 16.7. The summed E-state index contributed by atoms with van der Waals surface area (Å²) in [6.07, 6.45) is 2.54. The maximum atomic E-state index is 13.3. The molecule has 0 aromatic heterocycles. The van der Waals surface area contributed by atoms with Crippen molar-refractivity contribution in [2.45, 2.75) is 38.2 Å². The van der Waals surface area contributed by atoms with E-state index in [0.29, 0.717) is 5.75 Å². The Labute approximate surface area is 181 Å². The quantitative estimate of drug-likeness (QED) is 0.606. The van der Waals surface area contributed by atoms with Gasteiger partial charge in [0.15, 0.2) is 11.5 Å². The third kappa shape index (κ3) is 3.55. The van der Waals surface area contributed by atoms with Crippen LogP contribution in [0, 0.1) is 0 Å². The van der Waals surface area contributed by atoms with E-state index in [1.807, 2.05) is 54.6 Å². The van der Waals surface area contributed by atoms with Gasteiger partial charge >= 0.3 is 0 Å². The molecule has 3 aromatic carbocycles. The number of carbonyl (C=O) groups excluding carboxylic acids is 1. The molecule has 0 spiro atoms. The van der Waals surface area contributed by atoms with Crippen LogP contribution >= 0.6 is 0 Å². The number of aliphatic hydroxyl groups is 1. The van der Waals surface area contributed by atoms with Gasteiger partial charge in [0.25, 0.3) is 0 Å². The van der Waals surface area contributed by atoms with Crippen LogP contribution in [0.1, 0.15) is 36.5 Å². The Morgan fingerprint density at radius 1 is 1.00 bits per heavy atom. The number of carbonyl (C=O) groups is 1. The third-order valence-electron chi connectivity index (χ3n) is 6.31. The van der Waals surface area contributed by atoms with Gasteiger partial charge in [0.1, 0.15) is 0 Å². The molecule has 0 unspecified atom stereocenters. The lowest BCUT2D eigenvalue weighted by Gasteiger charge is -2.18. The van der Waals surface area contributed by atoms with Crippen molar-refractivity contribution >= 4 is 11.6 Å². The van der Waals surface area contributed by atoms with E-state index in [9.17, 15) is 9.90 Å². The van der Waals surface area contributed by atoms with E-state index in [0.717, 1.165) is 53.0 Å². The van der Waals surface area contributed by atoms with Crippen LogP contribution in [0.3, 0.4) is 0 Å². The third-order valence-corrected chi connectivity index (χ3v) is 6.31. The van der Waals surface area contributed by atoms with Crippen LogP contribution in [-0.2, 0) is 23.2 Å². The van der Waals surface area contributed by atoms with Crippen molar-refractivity contribution in [3.8, 4) is 22.6 Å². The molecule has 5 rings (SSSR count). The zero-order chi connectivity index (χ0) is 21.4. The lowest BCUT2D eigenvalue weighted by molar-refractivity contribution is -0.118. The molecule has 0 radical (unpaired) electrons. The predicted octanol–water partition coefficient (Wildman–Crippen LogP) is 4.81. The van der Waals surface area contributed by atoms with Crippen LogP contribution in [0.25, 0.3) is 11.1 Å². The fourth-order valence-corrected chi connectivity index (χ4v) is 4.24. The van der Waals surface area contributed by atoms with Gasteiger partial charge < -0.3 is 19.9 Å². The number of aliphatic hydroxyl groups excluding tert-OH is 1. The van der Waals surface area contributed by atoms with Gasteiger partial charge in [0, 0.05) is 5.69 Å². The minimum Gasteiger partial charge on any atom is -0.454 e. The lowest BCUT2D eigenvalue weighted by atomic mass is 9.93. The number of aryl methyl sites for hydroxylation is 1. The van der Waals surface area contributed by atoms with Crippen molar-refractivity contribution in [3.63, 3.8) is 0 Å². The summed E-state index contributed by atoms with van der Waals surface area (Å²) in [5.74, 6) is 1.45. The van der Waals surface area contributed by atoms with Gasteiger partial charge in [0.05, 0.1) is 12.0 Å². The van der Waals surface area contributed by atoms with E-state index in [1.54, 1.807) is 0 Å². The minimum absolute atomic E-state index is 0.0113. The van der Waals surface area contributed by atoms with Crippen molar-refractivity contribution in [3.05, 3.63) is 77.4 Å².